The first kappa shape index (κ1) is 13.9. The summed E-state index contributed by atoms with van der Waals surface area (Å²) in [5.41, 5.74) is 1.62. The highest BCUT2D eigenvalue weighted by Crippen LogP contribution is 2.22. The highest BCUT2D eigenvalue weighted by Gasteiger charge is 2.15. The summed E-state index contributed by atoms with van der Waals surface area (Å²) < 4.78 is 1.09. The zero-order chi connectivity index (χ0) is 15.0. The van der Waals surface area contributed by atoms with Crippen molar-refractivity contribution in [2.75, 3.05) is 0 Å². The molecule has 0 spiro atoms. The lowest BCUT2D eigenvalue weighted by molar-refractivity contribution is 0.883. The summed E-state index contributed by atoms with van der Waals surface area (Å²) in [4.78, 5) is 27.2. The Kier molecular flexibility index (Phi) is 3.53. The van der Waals surface area contributed by atoms with Crippen molar-refractivity contribution in [2.45, 2.75) is 6.92 Å². The zero-order valence-corrected chi connectivity index (χ0v) is 12.7. The van der Waals surface area contributed by atoms with Gasteiger partial charge in [0.15, 0.2) is 0 Å². The average Bonchev–Trinajstić information content (AvgIpc) is 2.94. The Morgan fingerprint density at radius 2 is 1.86 bits per heavy atom. The molecule has 0 aliphatic rings. The molecule has 106 valence electrons. The summed E-state index contributed by atoms with van der Waals surface area (Å²) in [5.74, 6) is 0. The number of thiophene rings is 1. The van der Waals surface area contributed by atoms with Gasteiger partial charge in [0.05, 0.1) is 11.3 Å². The van der Waals surface area contributed by atoms with E-state index in [1.165, 1.54) is 11.3 Å². The van der Waals surface area contributed by atoms with Crippen molar-refractivity contribution in [1.82, 2.24) is 9.55 Å². The Labute approximate surface area is 129 Å². The van der Waals surface area contributed by atoms with Crippen LogP contribution in [0.4, 0.5) is 0 Å². The number of hydrogen-bond donors (Lipinski definition) is 1. The fourth-order valence-electron chi connectivity index (χ4n) is 2.10. The lowest BCUT2D eigenvalue weighted by Gasteiger charge is -2.08. The highest BCUT2D eigenvalue weighted by molar-refractivity contribution is 7.08. The summed E-state index contributed by atoms with van der Waals surface area (Å²) in [5, 5.41) is 3.60. The van der Waals surface area contributed by atoms with Crippen LogP contribution in [0, 0.1) is 6.92 Å². The van der Waals surface area contributed by atoms with Gasteiger partial charge in [0.1, 0.15) is 5.15 Å². The lowest BCUT2D eigenvalue weighted by atomic mass is 10.1. The molecule has 0 bridgehead atoms. The molecule has 0 atom stereocenters. The second-order valence-corrected chi connectivity index (χ2v) is 5.77. The Morgan fingerprint density at radius 3 is 2.48 bits per heavy atom. The van der Waals surface area contributed by atoms with Crippen LogP contribution in [-0.2, 0) is 0 Å². The van der Waals surface area contributed by atoms with Crippen molar-refractivity contribution in [3.8, 4) is 16.8 Å². The molecular formula is C15H11ClN2O2S. The van der Waals surface area contributed by atoms with Gasteiger partial charge < -0.3 is 0 Å². The molecule has 0 fully saturated rings. The van der Waals surface area contributed by atoms with Gasteiger partial charge in [-0.15, -0.1) is 0 Å². The minimum Gasteiger partial charge on any atom is -0.297 e. The van der Waals surface area contributed by atoms with Crippen LogP contribution in [-0.4, -0.2) is 9.55 Å². The van der Waals surface area contributed by atoms with E-state index in [1.54, 1.807) is 16.8 Å². The van der Waals surface area contributed by atoms with Crippen molar-refractivity contribution in [2.24, 2.45) is 0 Å². The number of nitrogens with zero attached hydrogens (tertiary/aromatic N) is 1. The van der Waals surface area contributed by atoms with Gasteiger partial charge in [0.2, 0.25) is 0 Å². The summed E-state index contributed by atoms with van der Waals surface area (Å²) in [6.45, 7) is 1.96. The molecule has 0 radical (unpaired) electrons. The molecule has 1 N–H and O–H groups in total. The molecule has 2 aromatic heterocycles. The number of aromatic nitrogens is 2. The van der Waals surface area contributed by atoms with Crippen molar-refractivity contribution in [3.05, 3.63) is 72.6 Å². The topological polar surface area (TPSA) is 54.9 Å². The number of rotatable bonds is 2. The van der Waals surface area contributed by atoms with E-state index in [0.717, 1.165) is 10.1 Å². The van der Waals surface area contributed by atoms with Gasteiger partial charge in [-0.3, -0.25) is 9.78 Å². The Morgan fingerprint density at radius 1 is 1.14 bits per heavy atom. The monoisotopic (exact) mass is 318 g/mol. The van der Waals surface area contributed by atoms with Gasteiger partial charge >= 0.3 is 5.69 Å². The van der Waals surface area contributed by atoms with Gasteiger partial charge in [-0.05, 0) is 23.9 Å². The Balaban J connectivity index is 2.32. The maximum Gasteiger partial charge on any atom is 0.334 e. The van der Waals surface area contributed by atoms with Crippen LogP contribution in [0.5, 0.6) is 0 Å². The number of halogens is 1. The number of aryl methyl sites for hydroxylation is 1. The molecule has 4 nitrogen and oxygen atoms in total. The summed E-state index contributed by atoms with van der Waals surface area (Å²) in [6, 6.07) is 9.13. The number of nitrogens with one attached hydrogen (secondary N) is 1. The van der Waals surface area contributed by atoms with Crippen LogP contribution < -0.4 is 11.2 Å². The first-order valence-corrected chi connectivity index (χ1v) is 7.54. The van der Waals surface area contributed by atoms with Crippen LogP contribution in [0.25, 0.3) is 16.8 Å². The van der Waals surface area contributed by atoms with E-state index >= 15 is 0 Å². The molecule has 0 amide bonds. The summed E-state index contributed by atoms with van der Waals surface area (Å²) in [6.07, 6.45) is 0. The maximum absolute atomic E-state index is 12.7. The van der Waals surface area contributed by atoms with Crippen LogP contribution in [0.15, 0.2) is 50.7 Å². The van der Waals surface area contributed by atoms with Crippen LogP contribution in [0.3, 0.4) is 0 Å². The average molecular weight is 319 g/mol. The molecule has 1 aromatic carbocycles. The van der Waals surface area contributed by atoms with E-state index in [2.05, 4.69) is 4.98 Å². The molecule has 0 aliphatic heterocycles. The minimum absolute atomic E-state index is 0.0559. The lowest BCUT2D eigenvalue weighted by Crippen LogP contribution is -2.34. The fourth-order valence-corrected chi connectivity index (χ4v) is 2.99. The van der Waals surface area contributed by atoms with E-state index in [9.17, 15) is 9.59 Å². The van der Waals surface area contributed by atoms with E-state index in [0.29, 0.717) is 16.8 Å². The minimum atomic E-state index is -0.542. The van der Waals surface area contributed by atoms with Crippen LogP contribution in [0.2, 0.25) is 5.15 Å². The maximum atomic E-state index is 12.7. The third-order valence-corrected chi connectivity index (χ3v) is 4.12. The molecule has 3 aromatic rings. The summed E-state index contributed by atoms with van der Waals surface area (Å²) >= 11 is 7.49. The van der Waals surface area contributed by atoms with Gasteiger partial charge in [-0.2, -0.15) is 11.3 Å². The largest absolute Gasteiger partial charge is 0.334 e. The van der Waals surface area contributed by atoms with Gasteiger partial charge in [-0.1, -0.05) is 41.4 Å². The number of H-pyrrole nitrogens is 1. The van der Waals surface area contributed by atoms with Crippen molar-refractivity contribution in [1.29, 1.82) is 0 Å². The molecule has 3 rings (SSSR count). The fraction of sp³-hybridized carbons (Fsp3) is 0.0667. The third-order valence-electron chi connectivity index (χ3n) is 3.16. The van der Waals surface area contributed by atoms with E-state index in [4.69, 9.17) is 11.6 Å². The molecule has 0 unspecified atom stereocenters. The molecular weight excluding hydrogens is 308 g/mol. The molecule has 21 heavy (non-hydrogen) atoms. The highest BCUT2D eigenvalue weighted by atomic mass is 35.5. The van der Waals surface area contributed by atoms with Crippen molar-refractivity contribution >= 4 is 22.9 Å². The summed E-state index contributed by atoms with van der Waals surface area (Å²) in [7, 11) is 0. The van der Waals surface area contributed by atoms with Gasteiger partial charge in [0, 0.05) is 5.38 Å². The quantitative estimate of drug-likeness (QED) is 0.738. The molecule has 6 heteroatoms. The zero-order valence-electron chi connectivity index (χ0n) is 11.1. The third kappa shape index (κ3) is 2.46. The number of hydrogen-bond acceptors (Lipinski definition) is 3. The number of benzene rings is 1. The number of aromatic amines is 1. The second-order valence-electron chi connectivity index (χ2n) is 4.61. The molecule has 0 saturated heterocycles. The predicted molar refractivity (Wildman–Crippen MR) is 85.7 cm³/mol. The van der Waals surface area contributed by atoms with Crippen LogP contribution >= 0.6 is 22.9 Å². The Bertz CT molecular complexity index is 893. The Hall–Kier alpha value is -2.11. The van der Waals surface area contributed by atoms with E-state index in [-0.39, 0.29) is 5.15 Å². The second kappa shape index (κ2) is 5.35. The van der Waals surface area contributed by atoms with Crippen molar-refractivity contribution < 1.29 is 0 Å². The smallest absolute Gasteiger partial charge is 0.297 e. The molecule has 0 aliphatic carbocycles. The van der Waals surface area contributed by atoms with E-state index in [1.807, 2.05) is 31.2 Å². The first-order valence-electron chi connectivity index (χ1n) is 6.22. The van der Waals surface area contributed by atoms with Crippen LogP contribution in [0.1, 0.15) is 5.56 Å². The molecule has 2 heterocycles. The van der Waals surface area contributed by atoms with E-state index < -0.39 is 11.2 Å². The normalized spacial score (nSPS) is 10.8. The SMILES string of the molecule is Cc1ccc(-c2c(Cl)[nH]c(=O)n(-c3ccsc3)c2=O)cc1. The van der Waals surface area contributed by atoms with Crippen molar-refractivity contribution in [3.63, 3.8) is 0 Å². The van der Waals surface area contributed by atoms with Gasteiger partial charge in [-0.25, -0.2) is 9.36 Å². The predicted octanol–water partition coefficient (Wildman–Crippen LogP) is 3.22. The first-order chi connectivity index (χ1) is 10.1. The standard InChI is InChI=1S/C15H11ClN2O2S/c1-9-2-4-10(5-3-9)12-13(16)17-15(20)18(14(12)19)11-6-7-21-8-11/h2-8H,1H3,(H,17,20). The molecule has 0 saturated carbocycles. The van der Waals surface area contributed by atoms with Gasteiger partial charge in [0.25, 0.3) is 5.56 Å².